The zero-order valence-electron chi connectivity index (χ0n) is 16.0. The molecule has 0 aliphatic carbocycles. The largest absolute Gasteiger partial charge is 0.495 e. The maximum absolute atomic E-state index is 12.5. The van der Waals surface area contributed by atoms with Crippen molar-refractivity contribution in [1.29, 1.82) is 0 Å². The number of carbonyl (C=O) groups excluding carboxylic acids is 2. The number of amides is 2. The van der Waals surface area contributed by atoms with Gasteiger partial charge in [-0.1, -0.05) is 37.3 Å². The molecule has 0 fully saturated rings. The zero-order chi connectivity index (χ0) is 19.6. The summed E-state index contributed by atoms with van der Waals surface area (Å²) in [6.07, 6.45) is 0.748. The molecule has 2 rings (SSSR count). The summed E-state index contributed by atoms with van der Waals surface area (Å²) in [6.45, 7) is 4.22. The maximum Gasteiger partial charge on any atom is 0.260 e. The van der Waals surface area contributed by atoms with Crippen LogP contribution in [0, 0.1) is 6.92 Å². The number of benzene rings is 2. The standard InChI is InChI=1S/C21H26N2O4/c1-4-13-23(21(25)15-27-18-11-7-5-9-16(18)2)14-20(24)22-17-10-6-8-12-19(17)26-3/h5-12H,4,13-15H2,1-3H3,(H,22,24). The Morgan fingerprint density at radius 3 is 2.37 bits per heavy atom. The van der Waals surface area contributed by atoms with E-state index in [-0.39, 0.29) is 25.0 Å². The smallest absolute Gasteiger partial charge is 0.260 e. The normalized spacial score (nSPS) is 10.2. The van der Waals surface area contributed by atoms with E-state index in [4.69, 9.17) is 9.47 Å². The second-order valence-corrected chi connectivity index (χ2v) is 6.12. The molecule has 27 heavy (non-hydrogen) atoms. The maximum atomic E-state index is 12.5. The van der Waals surface area contributed by atoms with E-state index in [1.807, 2.05) is 50.2 Å². The highest BCUT2D eigenvalue weighted by molar-refractivity contribution is 5.95. The molecule has 2 aromatic rings. The van der Waals surface area contributed by atoms with Crippen LogP contribution in [-0.2, 0) is 9.59 Å². The fourth-order valence-corrected chi connectivity index (χ4v) is 2.62. The van der Waals surface area contributed by atoms with Crippen LogP contribution in [0.4, 0.5) is 5.69 Å². The number of anilines is 1. The zero-order valence-corrected chi connectivity index (χ0v) is 16.0. The Morgan fingerprint density at radius 2 is 1.70 bits per heavy atom. The predicted molar refractivity (Wildman–Crippen MR) is 105 cm³/mol. The molecule has 0 spiro atoms. The third kappa shape index (κ3) is 6.02. The first-order valence-electron chi connectivity index (χ1n) is 8.94. The number of nitrogens with one attached hydrogen (secondary N) is 1. The molecule has 0 heterocycles. The fraction of sp³-hybridized carbons (Fsp3) is 0.333. The number of carbonyl (C=O) groups is 2. The second kappa shape index (κ2) is 10.2. The Bertz CT molecular complexity index is 776. The number of methoxy groups -OCH3 is 1. The SMILES string of the molecule is CCCN(CC(=O)Nc1ccccc1OC)C(=O)COc1ccccc1C. The molecule has 0 radical (unpaired) electrons. The third-order valence-corrected chi connectivity index (χ3v) is 4.01. The Balaban J connectivity index is 1.96. The highest BCUT2D eigenvalue weighted by Crippen LogP contribution is 2.23. The van der Waals surface area contributed by atoms with Gasteiger partial charge in [0.15, 0.2) is 6.61 Å². The minimum atomic E-state index is -0.280. The molecule has 0 saturated heterocycles. The Hall–Kier alpha value is -3.02. The molecule has 6 nitrogen and oxygen atoms in total. The number of nitrogens with zero attached hydrogens (tertiary/aromatic N) is 1. The van der Waals surface area contributed by atoms with E-state index < -0.39 is 0 Å². The van der Waals surface area contributed by atoms with Crippen molar-refractivity contribution in [1.82, 2.24) is 4.90 Å². The Kier molecular flexibility index (Phi) is 7.67. The van der Waals surface area contributed by atoms with Crippen molar-refractivity contribution in [3.8, 4) is 11.5 Å². The highest BCUT2D eigenvalue weighted by Gasteiger charge is 2.18. The van der Waals surface area contributed by atoms with Gasteiger partial charge in [-0.2, -0.15) is 0 Å². The minimum Gasteiger partial charge on any atom is -0.495 e. The topological polar surface area (TPSA) is 67.9 Å². The van der Waals surface area contributed by atoms with Crippen molar-refractivity contribution in [2.75, 3.05) is 32.1 Å². The van der Waals surface area contributed by atoms with Crippen LogP contribution in [0.15, 0.2) is 48.5 Å². The number of ether oxygens (including phenoxy) is 2. The quantitative estimate of drug-likeness (QED) is 0.736. The van der Waals surface area contributed by atoms with Crippen molar-refractivity contribution in [3.63, 3.8) is 0 Å². The number of rotatable bonds is 9. The van der Waals surface area contributed by atoms with Gasteiger partial charge in [0, 0.05) is 6.54 Å². The minimum absolute atomic E-state index is 0.0398. The van der Waals surface area contributed by atoms with E-state index in [9.17, 15) is 9.59 Å². The monoisotopic (exact) mass is 370 g/mol. The lowest BCUT2D eigenvalue weighted by atomic mass is 10.2. The molecule has 1 N–H and O–H groups in total. The van der Waals surface area contributed by atoms with Crippen LogP contribution >= 0.6 is 0 Å². The van der Waals surface area contributed by atoms with E-state index in [0.29, 0.717) is 23.7 Å². The fourth-order valence-electron chi connectivity index (χ4n) is 2.62. The van der Waals surface area contributed by atoms with Gasteiger partial charge in [0.2, 0.25) is 5.91 Å². The predicted octanol–water partition coefficient (Wildman–Crippen LogP) is 3.26. The molecule has 2 amide bonds. The summed E-state index contributed by atoms with van der Waals surface area (Å²) in [5.74, 6) is 0.732. The molecule has 144 valence electrons. The van der Waals surface area contributed by atoms with E-state index >= 15 is 0 Å². The molecule has 0 aliphatic heterocycles. The average molecular weight is 370 g/mol. The van der Waals surface area contributed by atoms with Gasteiger partial charge in [-0.25, -0.2) is 0 Å². The second-order valence-electron chi connectivity index (χ2n) is 6.12. The average Bonchev–Trinajstić information content (AvgIpc) is 2.67. The van der Waals surface area contributed by atoms with Crippen molar-refractivity contribution in [2.24, 2.45) is 0 Å². The third-order valence-electron chi connectivity index (χ3n) is 4.01. The van der Waals surface area contributed by atoms with Crippen molar-refractivity contribution in [2.45, 2.75) is 20.3 Å². The van der Waals surface area contributed by atoms with Crippen molar-refractivity contribution in [3.05, 3.63) is 54.1 Å². The first-order valence-corrected chi connectivity index (χ1v) is 8.94. The van der Waals surface area contributed by atoms with Crippen LogP contribution in [0.25, 0.3) is 0 Å². The number of para-hydroxylation sites is 3. The van der Waals surface area contributed by atoms with Gasteiger partial charge in [-0.05, 0) is 37.1 Å². The summed E-state index contributed by atoms with van der Waals surface area (Å²) in [7, 11) is 1.54. The van der Waals surface area contributed by atoms with Gasteiger partial charge in [-0.15, -0.1) is 0 Å². The summed E-state index contributed by atoms with van der Waals surface area (Å²) < 4.78 is 10.8. The first kappa shape index (κ1) is 20.3. The molecule has 0 unspecified atom stereocenters. The molecule has 0 aliphatic rings. The number of aryl methyl sites for hydroxylation is 1. The molecule has 0 bridgehead atoms. The van der Waals surface area contributed by atoms with E-state index in [1.54, 1.807) is 19.2 Å². The summed E-state index contributed by atoms with van der Waals surface area (Å²) in [5.41, 5.74) is 1.53. The van der Waals surface area contributed by atoms with Crippen LogP contribution in [0.5, 0.6) is 11.5 Å². The molecular formula is C21H26N2O4. The van der Waals surface area contributed by atoms with Crippen LogP contribution < -0.4 is 14.8 Å². The Morgan fingerprint density at radius 1 is 1.04 bits per heavy atom. The van der Waals surface area contributed by atoms with Gasteiger partial charge in [-0.3, -0.25) is 9.59 Å². The molecule has 0 aromatic heterocycles. The number of hydrogen-bond donors (Lipinski definition) is 1. The van der Waals surface area contributed by atoms with Crippen molar-refractivity contribution < 1.29 is 19.1 Å². The lowest BCUT2D eigenvalue weighted by molar-refractivity contribution is -0.136. The molecule has 2 aromatic carbocycles. The highest BCUT2D eigenvalue weighted by atomic mass is 16.5. The lowest BCUT2D eigenvalue weighted by Gasteiger charge is -2.22. The van der Waals surface area contributed by atoms with E-state index in [1.165, 1.54) is 4.90 Å². The van der Waals surface area contributed by atoms with Gasteiger partial charge < -0.3 is 19.7 Å². The van der Waals surface area contributed by atoms with E-state index in [2.05, 4.69) is 5.32 Å². The summed E-state index contributed by atoms with van der Waals surface area (Å²) in [5, 5.41) is 2.79. The first-order chi connectivity index (χ1) is 13.0. The van der Waals surface area contributed by atoms with Crippen LogP contribution in [0.2, 0.25) is 0 Å². The molecule has 0 saturated carbocycles. The van der Waals surface area contributed by atoms with Crippen LogP contribution in [0.1, 0.15) is 18.9 Å². The molecular weight excluding hydrogens is 344 g/mol. The lowest BCUT2D eigenvalue weighted by Crippen LogP contribution is -2.41. The summed E-state index contributed by atoms with van der Waals surface area (Å²) in [4.78, 5) is 26.4. The summed E-state index contributed by atoms with van der Waals surface area (Å²) >= 11 is 0. The summed E-state index contributed by atoms with van der Waals surface area (Å²) in [6, 6.07) is 14.7. The van der Waals surface area contributed by atoms with Gasteiger partial charge >= 0.3 is 0 Å². The molecule has 6 heteroatoms. The van der Waals surface area contributed by atoms with Gasteiger partial charge in [0.1, 0.15) is 11.5 Å². The van der Waals surface area contributed by atoms with Gasteiger partial charge in [0.05, 0.1) is 19.3 Å². The Labute approximate surface area is 160 Å². The van der Waals surface area contributed by atoms with Gasteiger partial charge in [0.25, 0.3) is 5.91 Å². The molecule has 0 atom stereocenters. The van der Waals surface area contributed by atoms with Crippen LogP contribution in [-0.4, -0.2) is 43.5 Å². The van der Waals surface area contributed by atoms with Crippen LogP contribution in [0.3, 0.4) is 0 Å². The van der Waals surface area contributed by atoms with E-state index in [0.717, 1.165) is 12.0 Å². The van der Waals surface area contributed by atoms with Crippen molar-refractivity contribution >= 4 is 17.5 Å². The number of hydrogen-bond acceptors (Lipinski definition) is 4.